The van der Waals surface area contributed by atoms with Crippen molar-refractivity contribution < 1.29 is 19.4 Å². The summed E-state index contributed by atoms with van der Waals surface area (Å²) < 4.78 is 5.39. The summed E-state index contributed by atoms with van der Waals surface area (Å²) in [6.07, 6.45) is 0.755. The molecular formula is C22H29N3O4S. The fourth-order valence-corrected chi connectivity index (χ4v) is 4.19. The molecule has 1 aromatic carbocycles. The summed E-state index contributed by atoms with van der Waals surface area (Å²) in [7, 11) is 0. The average Bonchev–Trinajstić information content (AvgIpc) is 3.21. The van der Waals surface area contributed by atoms with E-state index < -0.39 is 12.0 Å². The third-order valence-corrected chi connectivity index (χ3v) is 6.34. The molecule has 2 aromatic rings. The summed E-state index contributed by atoms with van der Waals surface area (Å²) in [4.78, 5) is 30.6. The van der Waals surface area contributed by atoms with Gasteiger partial charge in [-0.3, -0.25) is 9.69 Å². The fraction of sp³-hybridized carbons (Fsp3) is 0.500. The lowest BCUT2D eigenvalue weighted by atomic mass is 9.99. The molecule has 1 fully saturated rings. The third-order valence-electron chi connectivity index (χ3n) is 5.40. The van der Waals surface area contributed by atoms with Gasteiger partial charge in [0.25, 0.3) is 0 Å². The zero-order valence-corrected chi connectivity index (χ0v) is 18.3. The number of nitrogens with one attached hydrogen (secondary N) is 1. The molecule has 1 aromatic heterocycles. The Balaban J connectivity index is 1.57. The Labute approximate surface area is 181 Å². The molecule has 30 heavy (non-hydrogen) atoms. The number of amides is 1. The molecule has 3 rings (SSSR count). The quantitative estimate of drug-likeness (QED) is 0.634. The molecule has 162 valence electrons. The SMILES string of the molecule is CCC(C)C(NC(=O)Cc1csc(-c2ccc(CN3CCOCC3)cc2)n1)C(=O)O. The predicted octanol–water partition coefficient (Wildman–Crippen LogP) is 2.80. The van der Waals surface area contributed by atoms with Gasteiger partial charge in [0.2, 0.25) is 5.91 Å². The van der Waals surface area contributed by atoms with Crippen molar-refractivity contribution in [1.82, 2.24) is 15.2 Å². The van der Waals surface area contributed by atoms with Crippen molar-refractivity contribution in [1.29, 1.82) is 0 Å². The van der Waals surface area contributed by atoms with Crippen molar-refractivity contribution in [3.05, 3.63) is 40.9 Å². The predicted molar refractivity (Wildman–Crippen MR) is 116 cm³/mol. The van der Waals surface area contributed by atoms with Gasteiger partial charge in [-0.15, -0.1) is 11.3 Å². The average molecular weight is 432 g/mol. The molecule has 1 aliphatic heterocycles. The summed E-state index contributed by atoms with van der Waals surface area (Å²) in [5.41, 5.74) is 2.92. The van der Waals surface area contributed by atoms with Crippen molar-refractivity contribution >= 4 is 23.2 Å². The summed E-state index contributed by atoms with van der Waals surface area (Å²) in [6, 6.07) is 7.47. The summed E-state index contributed by atoms with van der Waals surface area (Å²) in [5.74, 6) is -1.46. The molecule has 0 radical (unpaired) electrons. The molecule has 0 spiro atoms. The summed E-state index contributed by atoms with van der Waals surface area (Å²) in [6.45, 7) is 8.14. The van der Waals surface area contributed by atoms with Gasteiger partial charge in [-0.1, -0.05) is 44.5 Å². The van der Waals surface area contributed by atoms with Gasteiger partial charge >= 0.3 is 5.97 Å². The van der Waals surface area contributed by atoms with E-state index in [1.807, 2.05) is 19.2 Å². The number of carboxylic acids is 1. The van der Waals surface area contributed by atoms with Crippen LogP contribution in [0.3, 0.4) is 0 Å². The van der Waals surface area contributed by atoms with Gasteiger partial charge < -0.3 is 15.2 Å². The maximum absolute atomic E-state index is 12.3. The van der Waals surface area contributed by atoms with Gasteiger partial charge in [-0.25, -0.2) is 9.78 Å². The monoisotopic (exact) mass is 431 g/mol. The first kappa shape index (κ1) is 22.4. The number of carbonyl (C=O) groups is 2. The van der Waals surface area contributed by atoms with E-state index in [0.717, 1.165) is 43.4 Å². The van der Waals surface area contributed by atoms with Gasteiger partial charge in [0.05, 0.1) is 25.3 Å². The molecule has 2 atom stereocenters. The zero-order valence-electron chi connectivity index (χ0n) is 17.5. The molecule has 0 bridgehead atoms. The van der Waals surface area contributed by atoms with Crippen LogP contribution in [0.5, 0.6) is 0 Å². The van der Waals surface area contributed by atoms with Crippen LogP contribution in [0.15, 0.2) is 29.6 Å². The van der Waals surface area contributed by atoms with Crippen LogP contribution >= 0.6 is 11.3 Å². The summed E-state index contributed by atoms with van der Waals surface area (Å²) in [5, 5.41) is 14.7. The lowest BCUT2D eigenvalue weighted by molar-refractivity contribution is -0.143. The number of carboxylic acid groups (broad SMARTS) is 1. The first-order valence-electron chi connectivity index (χ1n) is 10.3. The highest BCUT2D eigenvalue weighted by Crippen LogP contribution is 2.25. The lowest BCUT2D eigenvalue weighted by Gasteiger charge is -2.26. The van der Waals surface area contributed by atoms with Crippen LogP contribution in [0.4, 0.5) is 0 Å². The molecule has 0 aliphatic carbocycles. The van der Waals surface area contributed by atoms with E-state index in [1.54, 1.807) is 0 Å². The number of aliphatic carboxylic acids is 1. The van der Waals surface area contributed by atoms with Crippen LogP contribution in [-0.4, -0.2) is 59.2 Å². The molecule has 1 amide bonds. The Bertz CT molecular complexity index is 846. The maximum atomic E-state index is 12.3. The molecule has 2 unspecified atom stereocenters. The number of thiazole rings is 1. The Morgan fingerprint density at radius 1 is 1.27 bits per heavy atom. The number of carbonyl (C=O) groups excluding carboxylic acids is 1. The van der Waals surface area contributed by atoms with Crippen LogP contribution in [0, 0.1) is 5.92 Å². The third kappa shape index (κ3) is 6.10. The molecule has 1 aliphatic rings. The Morgan fingerprint density at radius 3 is 2.60 bits per heavy atom. The van der Waals surface area contributed by atoms with Gasteiger partial charge in [-0.05, 0) is 11.5 Å². The number of aromatic nitrogens is 1. The minimum atomic E-state index is -1.01. The van der Waals surface area contributed by atoms with E-state index in [4.69, 9.17) is 4.74 Å². The number of rotatable bonds is 9. The highest BCUT2D eigenvalue weighted by Gasteiger charge is 2.25. The second-order valence-electron chi connectivity index (χ2n) is 7.68. The van der Waals surface area contributed by atoms with Gasteiger partial charge in [0.15, 0.2) is 0 Å². The van der Waals surface area contributed by atoms with Crippen LogP contribution in [0.1, 0.15) is 31.5 Å². The lowest BCUT2D eigenvalue weighted by Crippen LogP contribution is -2.45. The van der Waals surface area contributed by atoms with Crippen LogP contribution < -0.4 is 5.32 Å². The topological polar surface area (TPSA) is 91.8 Å². The standard InChI is InChI=1S/C22H29N3O4S/c1-3-15(2)20(22(27)28)24-19(26)12-18-14-30-21(23-18)17-6-4-16(5-7-17)13-25-8-10-29-11-9-25/h4-7,14-15,20H,3,8-13H2,1-2H3,(H,24,26)(H,27,28). The number of nitrogens with zero attached hydrogens (tertiary/aromatic N) is 2. The van der Waals surface area contributed by atoms with Crippen LogP contribution in [-0.2, 0) is 27.3 Å². The molecule has 0 saturated carbocycles. The second-order valence-corrected chi connectivity index (χ2v) is 8.53. The van der Waals surface area contributed by atoms with E-state index in [9.17, 15) is 14.7 Å². The number of hydrogen-bond acceptors (Lipinski definition) is 6. The minimum Gasteiger partial charge on any atom is -0.480 e. The zero-order chi connectivity index (χ0) is 21.5. The van der Waals surface area contributed by atoms with Crippen LogP contribution in [0.2, 0.25) is 0 Å². The molecular weight excluding hydrogens is 402 g/mol. The second kappa shape index (κ2) is 10.7. The Kier molecular flexibility index (Phi) is 7.95. The van der Waals surface area contributed by atoms with Crippen molar-refractivity contribution in [2.45, 2.75) is 39.3 Å². The number of morpholine rings is 1. The molecule has 2 heterocycles. The van der Waals surface area contributed by atoms with E-state index in [2.05, 4.69) is 39.5 Å². The number of ether oxygens (including phenoxy) is 1. The van der Waals surface area contributed by atoms with Crippen molar-refractivity contribution in [3.63, 3.8) is 0 Å². The molecule has 1 saturated heterocycles. The highest BCUT2D eigenvalue weighted by atomic mass is 32.1. The minimum absolute atomic E-state index is 0.0752. The smallest absolute Gasteiger partial charge is 0.326 e. The van der Waals surface area contributed by atoms with E-state index in [1.165, 1.54) is 16.9 Å². The largest absolute Gasteiger partial charge is 0.480 e. The maximum Gasteiger partial charge on any atom is 0.326 e. The summed E-state index contributed by atoms with van der Waals surface area (Å²) >= 11 is 1.49. The molecule has 2 N–H and O–H groups in total. The first-order chi connectivity index (χ1) is 14.5. The highest BCUT2D eigenvalue weighted by molar-refractivity contribution is 7.13. The number of hydrogen-bond donors (Lipinski definition) is 2. The van der Waals surface area contributed by atoms with E-state index >= 15 is 0 Å². The van der Waals surface area contributed by atoms with Gasteiger partial charge in [0.1, 0.15) is 11.0 Å². The van der Waals surface area contributed by atoms with Crippen molar-refractivity contribution in [2.75, 3.05) is 26.3 Å². The van der Waals surface area contributed by atoms with Crippen molar-refractivity contribution in [3.8, 4) is 10.6 Å². The fourth-order valence-electron chi connectivity index (χ4n) is 3.36. The van der Waals surface area contributed by atoms with Crippen LogP contribution in [0.25, 0.3) is 10.6 Å². The first-order valence-corrected chi connectivity index (χ1v) is 11.2. The van der Waals surface area contributed by atoms with E-state index in [0.29, 0.717) is 12.1 Å². The molecule has 8 heteroatoms. The normalized spacial score (nSPS) is 16.7. The van der Waals surface area contributed by atoms with Crippen molar-refractivity contribution in [2.24, 2.45) is 5.92 Å². The molecule has 7 nitrogen and oxygen atoms in total. The van der Waals surface area contributed by atoms with Gasteiger partial charge in [0, 0.05) is 30.6 Å². The van der Waals surface area contributed by atoms with Gasteiger partial charge in [-0.2, -0.15) is 0 Å². The van der Waals surface area contributed by atoms with E-state index in [-0.39, 0.29) is 18.2 Å². The Hall–Kier alpha value is -2.29. The Morgan fingerprint density at radius 2 is 1.97 bits per heavy atom. The number of benzene rings is 1.